The summed E-state index contributed by atoms with van der Waals surface area (Å²) in [5.41, 5.74) is 2.35. The van der Waals surface area contributed by atoms with Gasteiger partial charge >= 0.3 is 0 Å². The third kappa shape index (κ3) is 5.18. The number of furan rings is 1. The summed E-state index contributed by atoms with van der Waals surface area (Å²) < 4.78 is 29.4. The second-order valence-electron chi connectivity index (χ2n) is 6.98. The van der Waals surface area contributed by atoms with Gasteiger partial charge in [0.05, 0.1) is 4.90 Å². The summed E-state index contributed by atoms with van der Waals surface area (Å²) in [5.74, 6) is 0.514. The number of rotatable bonds is 8. The van der Waals surface area contributed by atoms with Crippen LogP contribution < -0.4 is 10.5 Å². The van der Waals surface area contributed by atoms with Gasteiger partial charge in [0.2, 0.25) is 10.0 Å². The van der Waals surface area contributed by atoms with Crippen LogP contribution in [-0.2, 0) is 22.2 Å². The van der Waals surface area contributed by atoms with Gasteiger partial charge in [-0.05, 0) is 37.1 Å². The highest BCUT2D eigenvalue weighted by Gasteiger charge is 2.21. The molecule has 4 rings (SSSR count). The number of benzene rings is 2. The van der Waals surface area contributed by atoms with Gasteiger partial charge in [-0.25, -0.2) is 13.6 Å². The van der Waals surface area contributed by atoms with Crippen LogP contribution in [0.1, 0.15) is 26.7 Å². The molecule has 166 valence electrons. The predicted molar refractivity (Wildman–Crippen MR) is 124 cm³/mol. The van der Waals surface area contributed by atoms with Gasteiger partial charge in [0.15, 0.2) is 10.1 Å². The number of aromatic nitrogens is 2. The Bertz CT molecular complexity index is 1360. The molecule has 0 radical (unpaired) electrons. The van der Waals surface area contributed by atoms with Crippen molar-refractivity contribution in [1.29, 1.82) is 0 Å². The molecule has 0 aliphatic heterocycles. The van der Waals surface area contributed by atoms with E-state index in [1.165, 1.54) is 35.2 Å². The highest BCUT2D eigenvalue weighted by atomic mass is 32.2. The Morgan fingerprint density at radius 2 is 1.91 bits per heavy atom. The Hall–Kier alpha value is -2.73. The number of primary sulfonamides is 1. The van der Waals surface area contributed by atoms with E-state index in [2.05, 4.69) is 15.5 Å². The fourth-order valence-electron chi connectivity index (χ4n) is 3.14. The van der Waals surface area contributed by atoms with E-state index in [4.69, 9.17) is 9.56 Å². The molecule has 8 nitrogen and oxygen atoms in total. The van der Waals surface area contributed by atoms with Crippen LogP contribution in [0.15, 0.2) is 62.2 Å². The molecule has 0 saturated carbocycles. The van der Waals surface area contributed by atoms with Crippen molar-refractivity contribution in [3.63, 3.8) is 0 Å². The van der Waals surface area contributed by atoms with Crippen molar-refractivity contribution in [2.45, 2.75) is 28.3 Å². The summed E-state index contributed by atoms with van der Waals surface area (Å²) in [4.78, 5) is 12.9. The lowest BCUT2D eigenvalue weighted by Crippen LogP contribution is -2.26. The van der Waals surface area contributed by atoms with Crippen molar-refractivity contribution >= 4 is 50.0 Å². The Kier molecular flexibility index (Phi) is 6.60. The molecule has 2 aromatic heterocycles. The molecule has 0 atom stereocenters. The van der Waals surface area contributed by atoms with Crippen LogP contribution in [0.3, 0.4) is 0 Å². The van der Waals surface area contributed by atoms with Crippen LogP contribution in [-0.4, -0.2) is 31.1 Å². The molecule has 0 unspecified atom stereocenters. The number of sulfonamides is 1. The maximum absolute atomic E-state index is 12.9. The number of thioether (sulfide) groups is 1. The zero-order valence-corrected chi connectivity index (χ0v) is 19.5. The molecule has 2 aromatic carbocycles. The molecular formula is C21H20N4O4S3. The molecule has 3 N–H and O–H groups in total. The molecule has 0 saturated heterocycles. The lowest BCUT2D eigenvalue weighted by Gasteiger charge is -2.06. The zero-order valence-electron chi connectivity index (χ0n) is 17.1. The van der Waals surface area contributed by atoms with E-state index in [9.17, 15) is 13.2 Å². The van der Waals surface area contributed by atoms with Gasteiger partial charge in [-0.15, -0.1) is 10.2 Å². The van der Waals surface area contributed by atoms with Crippen molar-refractivity contribution in [3.8, 4) is 0 Å². The minimum Gasteiger partial charge on any atom is -0.451 e. The summed E-state index contributed by atoms with van der Waals surface area (Å²) in [5, 5.41) is 17.9. The summed E-state index contributed by atoms with van der Waals surface area (Å²) >= 11 is 3.02. The van der Waals surface area contributed by atoms with Crippen molar-refractivity contribution in [1.82, 2.24) is 15.5 Å². The normalized spacial score (nSPS) is 11.7. The number of nitrogens with two attached hydrogens (primary N) is 1. The van der Waals surface area contributed by atoms with Gasteiger partial charge < -0.3 is 9.73 Å². The molecule has 4 aromatic rings. The van der Waals surface area contributed by atoms with Gasteiger partial charge in [-0.3, -0.25) is 4.79 Å². The van der Waals surface area contributed by atoms with Crippen molar-refractivity contribution in [3.05, 3.63) is 70.4 Å². The molecule has 1 amide bonds. The van der Waals surface area contributed by atoms with Crippen LogP contribution in [0.5, 0.6) is 0 Å². The van der Waals surface area contributed by atoms with Gasteiger partial charge in [-0.2, -0.15) is 0 Å². The molecular weight excluding hydrogens is 468 g/mol. The largest absolute Gasteiger partial charge is 0.451 e. The predicted octanol–water partition coefficient (Wildman–Crippen LogP) is 3.50. The molecule has 0 bridgehead atoms. The Morgan fingerprint density at radius 3 is 2.59 bits per heavy atom. The number of fused-ring (bicyclic) bond motifs is 1. The quantitative estimate of drug-likeness (QED) is 0.363. The number of hydrogen-bond donors (Lipinski definition) is 2. The Labute approximate surface area is 193 Å². The summed E-state index contributed by atoms with van der Waals surface area (Å²) in [7, 11) is -3.72. The van der Waals surface area contributed by atoms with Gasteiger partial charge in [0, 0.05) is 23.2 Å². The lowest BCUT2D eigenvalue weighted by molar-refractivity contribution is 0.0927. The number of nitrogens with one attached hydrogen (secondary N) is 1. The Morgan fingerprint density at radius 1 is 1.16 bits per heavy atom. The summed E-state index contributed by atoms with van der Waals surface area (Å²) in [6.45, 7) is 2.27. The Balaban J connectivity index is 1.45. The fourth-order valence-corrected chi connectivity index (χ4v) is 5.50. The third-order valence-corrected chi connectivity index (χ3v) is 7.63. The highest BCUT2D eigenvalue weighted by Crippen LogP contribution is 2.33. The lowest BCUT2D eigenvalue weighted by atomic mass is 10.1. The molecule has 0 fully saturated rings. The first-order chi connectivity index (χ1) is 15.3. The maximum Gasteiger partial charge on any atom is 0.287 e. The van der Waals surface area contributed by atoms with Crippen LogP contribution in [0.2, 0.25) is 0 Å². The molecule has 0 spiro atoms. The van der Waals surface area contributed by atoms with Crippen molar-refractivity contribution in [2.75, 3.05) is 6.54 Å². The van der Waals surface area contributed by atoms with Crippen molar-refractivity contribution in [2.24, 2.45) is 5.14 Å². The number of para-hydroxylation sites is 1. The number of carbonyl (C=O) groups excluding carboxylic acids is 1. The van der Waals surface area contributed by atoms with E-state index in [1.54, 1.807) is 12.1 Å². The third-order valence-electron chi connectivity index (χ3n) is 4.70. The smallest absolute Gasteiger partial charge is 0.287 e. The number of aryl methyl sites for hydroxylation is 1. The fraction of sp³-hybridized carbons (Fsp3) is 0.190. The molecule has 2 heterocycles. The van der Waals surface area contributed by atoms with Crippen LogP contribution in [0.25, 0.3) is 11.0 Å². The second kappa shape index (κ2) is 9.41. The number of hydrogen-bond acceptors (Lipinski definition) is 8. The summed E-state index contributed by atoms with van der Waals surface area (Å²) in [6.07, 6.45) is 0.533. The second-order valence-corrected chi connectivity index (χ2v) is 10.9. The monoisotopic (exact) mass is 488 g/mol. The minimum absolute atomic E-state index is 0.0559. The van der Waals surface area contributed by atoms with Crippen LogP contribution in [0, 0.1) is 6.92 Å². The number of carbonyl (C=O) groups is 1. The number of amides is 1. The van der Waals surface area contributed by atoms with E-state index in [1.807, 2.05) is 31.2 Å². The average molecular weight is 489 g/mol. The van der Waals surface area contributed by atoms with E-state index >= 15 is 0 Å². The summed E-state index contributed by atoms with van der Waals surface area (Å²) in [6, 6.07) is 13.8. The maximum atomic E-state index is 12.9. The van der Waals surface area contributed by atoms with Crippen molar-refractivity contribution < 1.29 is 17.6 Å². The minimum atomic E-state index is -3.72. The first kappa shape index (κ1) is 22.5. The van der Waals surface area contributed by atoms with E-state index < -0.39 is 10.0 Å². The highest BCUT2D eigenvalue weighted by molar-refractivity contribution is 8.00. The molecule has 32 heavy (non-hydrogen) atoms. The van der Waals surface area contributed by atoms with Gasteiger partial charge in [0.1, 0.15) is 10.6 Å². The van der Waals surface area contributed by atoms with Gasteiger partial charge in [0.25, 0.3) is 5.91 Å². The molecule has 0 aliphatic carbocycles. The average Bonchev–Trinajstić information content (AvgIpc) is 3.35. The standard InChI is InChI=1S/C21H20N4O4S3/c1-13-24-25-21(31-13)30-12-17-16-4-2-3-5-18(16)29-19(17)20(26)23-11-10-14-6-8-15(9-7-14)32(22,27)28/h2-9H,10-12H2,1H3,(H,23,26)(H2,22,27,28). The topological polar surface area (TPSA) is 128 Å². The van der Waals surface area contributed by atoms with E-state index in [-0.39, 0.29) is 16.6 Å². The van der Waals surface area contributed by atoms with E-state index in [0.29, 0.717) is 24.3 Å². The van der Waals surface area contributed by atoms with Gasteiger partial charge in [-0.1, -0.05) is 53.4 Å². The SMILES string of the molecule is Cc1nnc(SCc2c(C(=O)NCCc3ccc(S(N)(=O)=O)cc3)oc3ccccc23)s1. The zero-order chi connectivity index (χ0) is 22.7. The number of nitrogens with zero attached hydrogens (tertiary/aromatic N) is 2. The molecule has 11 heteroatoms. The first-order valence-corrected chi connectivity index (χ1v) is 13.0. The van der Waals surface area contributed by atoms with Crippen LogP contribution in [0.4, 0.5) is 0 Å². The van der Waals surface area contributed by atoms with Crippen LogP contribution >= 0.6 is 23.1 Å². The van der Waals surface area contributed by atoms with E-state index in [0.717, 1.165) is 25.9 Å². The first-order valence-electron chi connectivity index (χ1n) is 9.64. The molecule has 0 aliphatic rings.